The van der Waals surface area contributed by atoms with Gasteiger partial charge < -0.3 is 34.0 Å². The van der Waals surface area contributed by atoms with Gasteiger partial charge in [0.25, 0.3) is 0 Å². The molecule has 5 heteroatoms. The van der Waals surface area contributed by atoms with Gasteiger partial charge in [0.2, 0.25) is 0 Å². The molecular weight excluding hydrogens is 497 g/mol. The molecule has 0 bridgehead atoms. The van der Waals surface area contributed by atoms with Crippen molar-refractivity contribution in [1.29, 1.82) is 0 Å². The summed E-state index contributed by atoms with van der Waals surface area (Å²) in [5.74, 6) is 0. The third kappa shape index (κ3) is 6.28. The van der Waals surface area contributed by atoms with Crippen LogP contribution in [0.25, 0.3) is 11.1 Å². The van der Waals surface area contributed by atoms with Crippen LogP contribution in [0.1, 0.15) is 26.3 Å². The minimum Gasteiger partial charge on any atom is -1.00 e. The Morgan fingerprint density at radius 3 is 1.95 bits per heavy atom. The Kier molecular flexibility index (Phi) is 13.0. The molecule has 1 atom stereocenters. The van der Waals surface area contributed by atoms with E-state index in [1.165, 1.54) is 11.1 Å². The predicted molar refractivity (Wildman–Crippen MR) is 64.9 cm³/mol. The fourth-order valence-electron chi connectivity index (χ4n) is 1.68. The molecule has 0 saturated heterocycles. The Hall–Kier alpha value is 0.624. The maximum Gasteiger partial charge on any atom is 0.169 e. The first-order valence-corrected chi connectivity index (χ1v) is 5.72. The van der Waals surface area contributed by atoms with Crippen LogP contribution in [0.15, 0.2) is 49.1 Å². The van der Waals surface area contributed by atoms with E-state index in [0.29, 0.717) is 6.04 Å². The second kappa shape index (κ2) is 11.3. The molecule has 1 unspecified atom stereocenters. The molecule has 2 rings (SSSR count). The molecule has 1 radical (unpaired) electrons. The zero-order chi connectivity index (χ0) is 11.4. The predicted octanol–water partition coefficient (Wildman–Crippen LogP) is -2.98. The van der Waals surface area contributed by atoms with Crippen molar-refractivity contribution in [3.63, 3.8) is 0 Å². The van der Waals surface area contributed by atoms with E-state index in [-0.39, 0.29) is 75.3 Å². The van der Waals surface area contributed by atoms with Gasteiger partial charge in [-0.1, -0.05) is 6.92 Å². The number of aromatic nitrogens is 2. The molecule has 0 N–H and O–H groups in total. The largest absolute Gasteiger partial charge is 1.00 e. The van der Waals surface area contributed by atoms with Gasteiger partial charge in [-0.2, -0.15) is 0 Å². The number of pyridine rings is 2. The average molecular weight is 514 g/mol. The van der Waals surface area contributed by atoms with E-state index in [4.69, 9.17) is 0 Å². The van der Waals surface area contributed by atoms with E-state index in [0.717, 1.165) is 6.42 Å². The molecule has 0 aromatic carbocycles. The number of hydrogen-bond donors (Lipinski definition) is 0. The van der Waals surface area contributed by atoms with Gasteiger partial charge in [-0.05, 0) is 30.2 Å². The summed E-state index contributed by atoms with van der Waals surface area (Å²) in [6.45, 7) is 4.43. The van der Waals surface area contributed by atoms with Crippen molar-refractivity contribution in [2.45, 2.75) is 26.3 Å². The van der Waals surface area contributed by atoms with Crippen LogP contribution in [0.2, 0.25) is 0 Å². The summed E-state index contributed by atoms with van der Waals surface area (Å²) < 4.78 is 2.24. The quantitative estimate of drug-likeness (QED) is 0.400. The van der Waals surface area contributed by atoms with Crippen LogP contribution in [0.4, 0.5) is 0 Å². The second-order valence-corrected chi connectivity index (χ2v) is 4.03. The molecule has 0 fully saturated rings. The van der Waals surface area contributed by atoms with Crippen molar-refractivity contribution in [3.8, 4) is 11.1 Å². The van der Waals surface area contributed by atoms with E-state index in [1.807, 2.05) is 24.5 Å². The molecule has 2 aromatic heterocycles. The van der Waals surface area contributed by atoms with E-state index in [9.17, 15) is 0 Å². The topological polar surface area (TPSA) is 16.8 Å². The summed E-state index contributed by atoms with van der Waals surface area (Å²) in [7, 11) is 0. The van der Waals surface area contributed by atoms with Gasteiger partial charge in [0.1, 0.15) is 0 Å². The standard InChI is InChI=1S/C14H17N2.2BrH.Pr/c1-3-12(2)16-10-6-14(7-11-16)13-4-8-15-9-5-13;;;/h4-12H,3H2,1-2H3;2*1H;/q+1;;;/p-2. The van der Waals surface area contributed by atoms with Gasteiger partial charge in [-0.3, -0.25) is 4.98 Å². The van der Waals surface area contributed by atoms with E-state index >= 15 is 0 Å². The van der Waals surface area contributed by atoms with E-state index < -0.39 is 0 Å². The van der Waals surface area contributed by atoms with Crippen molar-refractivity contribution >= 4 is 0 Å². The molecule has 0 amide bonds. The third-order valence-corrected chi connectivity index (χ3v) is 2.97. The molecule has 2 aromatic rings. The molecule has 0 saturated carbocycles. The van der Waals surface area contributed by atoms with Gasteiger partial charge >= 0.3 is 0 Å². The van der Waals surface area contributed by atoms with Gasteiger partial charge in [-0.15, -0.1) is 0 Å². The second-order valence-electron chi connectivity index (χ2n) is 4.03. The summed E-state index contributed by atoms with van der Waals surface area (Å²) in [6.07, 6.45) is 9.09. The summed E-state index contributed by atoms with van der Waals surface area (Å²) >= 11 is 0. The first kappa shape index (κ1) is 21.9. The van der Waals surface area contributed by atoms with Gasteiger partial charge in [-0.25, -0.2) is 4.57 Å². The molecule has 0 aliphatic heterocycles. The van der Waals surface area contributed by atoms with Crippen molar-refractivity contribution < 1.29 is 79.8 Å². The van der Waals surface area contributed by atoms with Gasteiger partial charge in [0, 0.05) is 72.2 Å². The Morgan fingerprint density at radius 2 is 1.47 bits per heavy atom. The number of hydrogen-bond acceptors (Lipinski definition) is 1. The van der Waals surface area contributed by atoms with Crippen LogP contribution in [0.5, 0.6) is 0 Å². The molecular formula is C14H17Br2N2Pr-. The van der Waals surface area contributed by atoms with E-state index in [1.54, 1.807) is 0 Å². The van der Waals surface area contributed by atoms with E-state index in [2.05, 4.69) is 47.9 Å². The summed E-state index contributed by atoms with van der Waals surface area (Å²) in [5, 5.41) is 0. The molecule has 2 nitrogen and oxygen atoms in total. The summed E-state index contributed by atoms with van der Waals surface area (Å²) in [6, 6.07) is 8.93. The smallest absolute Gasteiger partial charge is 0.169 e. The fraction of sp³-hybridized carbons (Fsp3) is 0.286. The maximum absolute atomic E-state index is 4.02. The minimum atomic E-state index is 0. The molecule has 0 spiro atoms. The normalized spacial score (nSPS) is 10.4. The summed E-state index contributed by atoms with van der Waals surface area (Å²) in [4.78, 5) is 4.02. The van der Waals surface area contributed by atoms with Crippen LogP contribution in [-0.2, 0) is 0 Å². The van der Waals surface area contributed by atoms with Gasteiger partial charge in [0.15, 0.2) is 18.4 Å². The zero-order valence-corrected chi connectivity index (χ0v) is 18.0. The monoisotopic (exact) mass is 512 g/mol. The minimum absolute atomic E-state index is 0. The number of nitrogens with zero attached hydrogens (tertiary/aromatic N) is 2. The molecule has 2 heterocycles. The zero-order valence-electron chi connectivity index (χ0n) is 11.1. The molecule has 101 valence electrons. The van der Waals surface area contributed by atoms with Crippen LogP contribution >= 0.6 is 0 Å². The van der Waals surface area contributed by atoms with Crippen molar-refractivity contribution in [3.05, 3.63) is 49.1 Å². The van der Waals surface area contributed by atoms with Crippen molar-refractivity contribution in [2.24, 2.45) is 0 Å². The summed E-state index contributed by atoms with van der Waals surface area (Å²) in [5.41, 5.74) is 2.45. The maximum atomic E-state index is 4.02. The first-order valence-electron chi connectivity index (χ1n) is 5.72. The Morgan fingerprint density at radius 1 is 1.00 bits per heavy atom. The SMILES string of the molecule is CCC(C)[n+]1ccc(-c2ccncc2)cc1.[Br-].[Br-].[Pr]. The number of halogens is 2. The fourth-order valence-corrected chi connectivity index (χ4v) is 1.68. The third-order valence-electron chi connectivity index (χ3n) is 2.97. The molecule has 0 aliphatic rings. The van der Waals surface area contributed by atoms with Crippen molar-refractivity contribution in [1.82, 2.24) is 4.98 Å². The Labute approximate surface area is 169 Å². The number of rotatable bonds is 3. The molecule has 0 aliphatic carbocycles. The van der Waals surface area contributed by atoms with Crippen LogP contribution in [0.3, 0.4) is 0 Å². The average Bonchev–Trinajstić information content (AvgIpc) is 2.39. The Bertz CT molecular complexity index is 449. The first-order chi connectivity index (χ1) is 7.81. The molecule has 19 heavy (non-hydrogen) atoms. The Balaban J connectivity index is 0. The van der Waals surface area contributed by atoms with Gasteiger partial charge in [0.05, 0.1) is 0 Å². The van der Waals surface area contributed by atoms with Crippen LogP contribution in [-0.4, -0.2) is 4.98 Å². The van der Waals surface area contributed by atoms with Crippen LogP contribution in [0, 0.1) is 41.3 Å². The van der Waals surface area contributed by atoms with Crippen molar-refractivity contribution in [2.75, 3.05) is 0 Å². The van der Waals surface area contributed by atoms with Crippen LogP contribution < -0.4 is 38.5 Å².